The number of hydrogen-bond donors (Lipinski definition) is 1. The van der Waals surface area contributed by atoms with Crippen LogP contribution in [0.4, 0.5) is 0 Å². The average Bonchev–Trinajstić information content (AvgIpc) is 2.84. The van der Waals surface area contributed by atoms with Crippen molar-refractivity contribution in [3.8, 4) is 5.75 Å². The Bertz CT molecular complexity index is 1160. The van der Waals surface area contributed by atoms with E-state index in [0.717, 1.165) is 28.9 Å². The van der Waals surface area contributed by atoms with Gasteiger partial charge in [0.1, 0.15) is 5.75 Å². The summed E-state index contributed by atoms with van der Waals surface area (Å²) >= 11 is 0. The van der Waals surface area contributed by atoms with E-state index in [1.165, 1.54) is 5.56 Å². The van der Waals surface area contributed by atoms with E-state index >= 15 is 0 Å². The van der Waals surface area contributed by atoms with Gasteiger partial charge in [-0.15, -0.1) is 0 Å². The first-order valence-corrected chi connectivity index (χ1v) is 11.1. The van der Waals surface area contributed by atoms with Gasteiger partial charge in [-0.3, -0.25) is 9.59 Å². The second-order valence-corrected chi connectivity index (χ2v) is 8.25. The summed E-state index contributed by atoms with van der Waals surface area (Å²) in [5.74, 6) is 0.311. The van der Waals surface area contributed by atoms with Crippen LogP contribution in [0.25, 0.3) is 0 Å². The highest BCUT2D eigenvalue weighted by atomic mass is 16.5. The third-order valence-corrected chi connectivity index (χ3v) is 6.42. The zero-order valence-corrected chi connectivity index (χ0v) is 18.1. The maximum absolute atomic E-state index is 13.6. The summed E-state index contributed by atoms with van der Waals surface area (Å²) in [7, 11) is 0. The summed E-state index contributed by atoms with van der Waals surface area (Å²) in [5, 5.41) is 3.12. The molecule has 0 spiro atoms. The summed E-state index contributed by atoms with van der Waals surface area (Å²) in [6.07, 6.45) is 0.807. The Labute approximate surface area is 188 Å². The first kappa shape index (κ1) is 20.3. The predicted octanol–water partition coefficient (Wildman–Crippen LogP) is 4.24. The van der Waals surface area contributed by atoms with Gasteiger partial charge < -0.3 is 15.0 Å². The van der Waals surface area contributed by atoms with E-state index in [4.69, 9.17) is 4.74 Å². The Morgan fingerprint density at radius 1 is 1.00 bits per heavy atom. The van der Waals surface area contributed by atoms with Crippen molar-refractivity contribution < 1.29 is 14.3 Å². The molecule has 1 N–H and O–H groups in total. The average molecular weight is 427 g/mol. The predicted molar refractivity (Wildman–Crippen MR) is 123 cm³/mol. The Morgan fingerprint density at radius 2 is 1.72 bits per heavy atom. The monoisotopic (exact) mass is 426 g/mol. The lowest BCUT2D eigenvalue weighted by molar-refractivity contribution is -0.124. The summed E-state index contributed by atoms with van der Waals surface area (Å²) in [6.45, 7) is 3.62. The number of nitrogens with one attached hydrogen (secondary N) is 1. The minimum absolute atomic E-state index is 0.00988. The minimum atomic E-state index is -0.451. The van der Waals surface area contributed by atoms with Crippen LogP contribution in [0, 0.1) is 0 Å². The number of ether oxygens (including phenoxy) is 1. The standard InChI is InChI=1S/C27H26N2O3/c1-2-32-20-13-11-18(12-14-20)17-28-26(30)24-22-9-5-6-10-23(22)27(31)29-16-15-19-7-3-4-8-21(19)25(24)29/h3-14,24-25H,2,15-17H2,1H3,(H,28,30)/t24-,25-/m1/s1. The molecule has 0 bridgehead atoms. The van der Waals surface area contributed by atoms with Gasteiger partial charge >= 0.3 is 0 Å². The summed E-state index contributed by atoms with van der Waals surface area (Å²) in [6, 6.07) is 23.2. The second kappa shape index (κ2) is 8.50. The number of hydrogen-bond acceptors (Lipinski definition) is 3. The van der Waals surface area contributed by atoms with Gasteiger partial charge in [-0.25, -0.2) is 0 Å². The molecule has 32 heavy (non-hydrogen) atoms. The molecule has 3 aromatic rings. The van der Waals surface area contributed by atoms with Crippen molar-refractivity contribution in [3.05, 3.63) is 101 Å². The molecule has 5 rings (SSSR count). The minimum Gasteiger partial charge on any atom is -0.494 e. The van der Waals surface area contributed by atoms with Crippen molar-refractivity contribution in [1.29, 1.82) is 0 Å². The zero-order chi connectivity index (χ0) is 22.1. The maximum Gasteiger partial charge on any atom is 0.254 e. The molecule has 2 aliphatic rings. The van der Waals surface area contributed by atoms with Crippen LogP contribution in [0.5, 0.6) is 5.75 Å². The van der Waals surface area contributed by atoms with E-state index in [1.54, 1.807) is 0 Å². The zero-order valence-electron chi connectivity index (χ0n) is 18.1. The summed E-state index contributed by atoms with van der Waals surface area (Å²) in [5.41, 5.74) is 4.72. The molecule has 2 aliphatic heterocycles. The number of carbonyl (C=O) groups is 2. The summed E-state index contributed by atoms with van der Waals surface area (Å²) in [4.78, 5) is 28.8. The Balaban J connectivity index is 1.47. The van der Waals surface area contributed by atoms with E-state index in [1.807, 2.05) is 72.5 Å². The Kier molecular flexibility index (Phi) is 5.39. The van der Waals surface area contributed by atoms with Gasteiger partial charge in [0.2, 0.25) is 5.91 Å². The normalized spacial score (nSPS) is 18.9. The fourth-order valence-corrected chi connectivity index (χ4v) is 4.93. The number of rotatable bonds is 5. The van der Waals surface area contributed by atoms with E-state index < -0.39 is 5.92 Å². The van der Waals surface area contributed by atoms with Crippen LogP contribution in [0.1, 0.15) is 51.5 Å². The molecule has 0 aliphatic carbocycles. The molecule has 2 heterocycles. The third kappa shape index (κ3) is 3.54. The SMILES string of the molecule is CCOc1ccc(CNC(=O)[C@@H]2c3ccccc3C(=O)N3CCc4ccccc4[C@H]23)cc1. The van der Waals surface area contributed by atoms with Crippen molar-refractivity contribution in [2.24, 2.45) is 0 Å². The lowest BCUT2D eigenvalue weighted by atomic mass is 9.76. The van der Waals surface area contributed by atoms with Crippen molar-refractivity contribution >= 4 is 11.8 Å². The van der Waals surface area contributed by atoms with Gasteiger partial charge in [-0.05, 0) is 53.8 Å². The molecule has 0 saturated carbocycles. The van der Waals surface area contributed by atoms with Crippen LogP contribution in [0.15, 0.2) is 72.8 Å². The highest BCUT2D eigenvalue weighted by molar-refractivity contribution is 6.01. The lowest BCUT2D eigenvalue weighted by Crippen LogP contribution is -2.50. The van der Waals surface area contributed by atoms with Gasteiger partial charge in [0.05, 0.1) is 18.6 Å². The van der Waals surface area contributed by atoms with Crippen LogP contribution in [-0.4, -0.2) is 29.9 Å². The number of fused-ring (bicyclic) bond motifs is 4. The van der Waals surface area contributed by atoms with Crippen LogP contribution < -0.4 is 10.1 Å². The smallest absolute Gasteiger partial charge is 0.254 e. The van der Waals surface area contributed by atoms with Crippen molar-refractivity contribution in [1.82, 2.24) is 10.2 Å². The Morgan fingerprint density at radius 3 is 2.50 bits per heavy atom. The molecule has 3 aromatic carbocycles. The van der Waals surface area contributed by atoms with E-state index in [0.29, 0.717) is 25.3 Å². The molecule has 2 atom stereocenters. The van der Waals surface area contributed by atoms with Gasteiger partial charge in [0, 0.05) is 18.7 Å². The van der Waals surface area contributed by atoms with Gasteiger partial charge in [0.25, 0.3) is 5.91 Å². The van der Waals surface area contributed by atoms with Gasteiger partial charge in [-0.1, -0.05) is 54.6 Å². The largest absolute Gasteiger partial charge is 0.494 e. The van der Waals surface area contributed by atoms with Crippen LogP contribution in [0.3, 0.4) is 0 Å². The molecule has 5 heteroatoms. The van der Waals surface area contributed by atoms with Crippen LogP contribution in [0.2, 0.25) is 0 Å². The molecule has 0 unspecified atom stereocenters. The van der Waals surface area contributed by atoms with Crippen molar-refractivity contribution in [2.45, 2.75) is 31.8 Å². The number of nitrogens with zero attached hydrogens (tertiary/aromatic N) is 1. The van der Waals surface area contributed by atoms with Crippen LogP contribution in [-0.2, 0) is 17.8 Å². The van der Waals surface area contributed by atoms with Gasteiger partial charge in [0.15, 0.2) is 0 Å². The van der Waals surface area contributed by atoms with Crippen molar-refractivity contribution in [3.63, 3.8) is 0 Å². The van der Waals surface area contributed by atoms with Gasteiger partial charge in [-0.2, -0.15) is 0 Å². The highest BCUT2D eigenvalue weighted by Gasteiger charge is 2.45. The van der Waals surface area contributed by atoms with Crippen LogP contribution >= 0.6 is 0 Å². The van der Waals surface area contributed by atoms with E-state index in [9.17, 15) is 9.59 Å². The molecule has 0 fully saturated rings. The Hall–Kier alpha value is -3.60. The topological polar surface area (TPSA) is 58.6 Å². The first-order chi connectivity index (χ1) is 15.7. The third-order valence-electron chi connectivity index (χ3n) is 6.42. The number of benzene rings is 3. The highest BCUT2D eigenvalue weighted by Crippen LogP contribution is 2.45. The number of amides is 2. The fraction of sp³-hybridized carbons (Fsp3) is 0.259. The second-order valence-electron chi connectivity index (χ2n) is 8.25. The fourth-order valence-electron chi connectivity index (χ4n) is 4.93. The molecule has 0 saturated heterocycles. The lowest BCUT2D eigenvalue weighted by Gasteiger charge is -2.45. The molecule has 5 nitrogen and oxygen atoms in total. The molecule has 162 valence electrons. The molecular weight excluding hydrogens is 400 g/mol. The summed E-state index contributed by atoms with van der Waals surface area (Å²) < 4.78 is 5.50. The molecule has 0 radical (unpaired) electrons. The molecular formula is C27H26N2O3. The van der Waals surface area contributed by atoms with Crippen molar-refractivity contribution in [2.75, 3.05) is 13.2 Å². The van der Waals surface area contributed by atoms with E-state index in [2.05, 4.69) is 17.4 Å². The maximum atomic E-state index is 13.6. The van der Waals surface area contributed by atoms with E-state index in [-0.39, 0.29) is 17.9 Å². The molecule has 2 amide bonds. The molecule has 0 aromatic heterocycles. The quantitative estimate of drug-likeness (QED) is 0.664. The number of carbonyl (C=O) groups excluding carboxylic acids is 2. The first-order valence-electron chi connectivity index (χ1n) is 11.1.